The molecule has 2 aromatic rings. The molecular formula is C15H14BrNOS2. The van der Waals surface area contributed by atoms with Gasteiger partial charge in [0.25, 0.3) is 0 Å². The summed E-state index contributed by atoms with van der Waals surface area (Å²) >= 11 is 10.2. The van der Waals surface area contributed by atoms with E-state index in [-0.39, 0.29) is 0 Å². The van der Waals surface area contributed by atoms with E-state index < -0.39 is 0 Å². The Morgan fingerprint density at radius 3 is 2.65 bits per heavy atom. The Labute approximate surface area is 136 Å². The summed E-state index contributed by atoms with van der Waals surface area (Å²) in [5, 5.41) is 0. The molecule has 0 amide bonds. The molecule has 0 spiro atoms. The van der Waals surface area contributed by atoms with E-state index in [1.807, 2.05) is 36.4 Å². The molecule has 0 bridgehead atoms. The van der Waals surface area contributed by atoms with Crippen molar-refractivity contribution in [1.82, 2.24) is 0 Å². The van der Waals surface area contributed by atoms with Crippen LogP contribution in [0.5, 0.6) is 5.75 Å². The molecule has 0 saturated heterocycles. The molecule has 0 atom stereocenters. The maximum absolute atomic E-state index is 5.77. The lowest BCUT2D eigenvalue weighted by Crippen LogP contribution is -2.12. The Morgan fingerprint density at radius 1 is 1.20 bits per heavy atom. The van der Waals surface area contributed by atoms with Crippen molar-refractivity contribution in [2.75, 3.05) is 12.4 Å². The standard InChI is InChI=1S/C15H14BrNOS2/c16-11-6-7-14(13(10-11)15(17)19)18-8-9-20-12-4-2-1-3-5-12/h1-7,10H,8-9H2,(H2,17,19). The van der Waals surface area contributed by atoms with Crippen LogP contribution in [0.2, 0.25) is 0 Å². The topological polar surface area (TPSA) is 35.2 Å². The van der Waals surface area contributed by atoms with Crippen LogP contribution in [0.4, 0.5) is 0 Å². The van der Waals surface area contributed by atoms with E-state index in [1.54, 1.807) is 11.8 Å². The number of thiocarbonyl (C=S) groups is 1. The Hall–Kier alpha value is -1.04. The molecule has 0 aliphatic rings. The van der Waals surface area contributed by atoms with E-state index in [4.69, 9.17) is 22.7 Å². The van der Waals surface area contributed by atoms with Gasteiger partial charge in [-0.05, 0) is 30.3 Å². The predicted octanol–water partition coefficient (Wildman–Crippen LogP) is 4.25. The van der Waals surface area contributed by atoms with Gasteiger partial charge in [-0.1, -0.05) is 46.3 Å². The maximum atomic E-state index is 5.77. The SMILES string of the molecule is NC(=S)c1cc(Br)ccc1OCCSc1ccccc1. The number of rotatable bonds is 6. The zero-order valence-corrected chi connectivity index (χ0v) is 13.9. The second-order valence-electron chi connectivity index (χ2n) is 4.01. The summed E-state index contributed by atoms with van der Waals surface area (Å²) < 4.78 is 6.70. The number of hydrogen-bond acceptors (Lipinski definition) is 3. The van der Waals surface area contributed by atoms with Gasteiger partial charge in [0.1, 0.15) is 10.7 Å². The fourth-order valence-electron chi connectivity index (χ4n) is 1.65. The zero-order valence-electron chi connectivity index (χ0n) is 10.7. The third-order valence-corrected chi connectivity index (χ3v) is 4.25. The molecule has 0 heterocycles. The summed E-state index contributed by atoms with van der Waals surface area (Å²) in [6.45, 7) is 0.608. The number of thioether (sulfide) groups is 1. The second kappa shape index (κ2) is 7.67. The van der Waals surface area contributed by atoms with Crippen molar-refractivity contribution in [1.29, 1.82) is 0 Å². The lowest BCUT2D eigenvalue weighted by molar-refractivity contribution is 0.343. The molecule has 5 heteroatoms. The van der Waals surface area contributed by atoms with Crippen molar-refractivity contribution in [2.45, 2.75) is 4.90 Å². The van der Waals surface area contributed by atoms with E-state index in [2.05, 4.69) is 28.1 Å². The molecule has 20 heavy (non-hydrogen) atoms. The van der Waals surface area contributed by atoms with E-state index in [0.717, 1.165) is 21.5 Å². The van der Waals surface area contributed by atoms with Crippen molar-refractivity contribution in [2.24, 2.45) is 5.73 Å². The lowest BCUT2D eigenvalue weighted by Gasteiger charge is -2.11. The molecular weight excluding hydrogens is 354 g/mol. The van der Waals surface area contributed by atoms with Crippen LogP contribution in [-0.2, 0) is 0 Å². The first-order chi connectivity index (χ1) is 9.66. The molecule has 0 unspecified atom stereocenters. The summed E-state index contributed by atoms with van der Waals surface area (Å²) in [6, 6.07) is 15.9. The first kappa shape index (κ1) is 15.4. The average Bonchev–Trinajstić information content (AvgIpc) is 2.45. The Kier molecular flexibility index (Phi) is 5.88. The molecule has 0 aliphatic carbocycles. The highest BCUT2D eigenvalue weighted by Gasteiger charge is 2.07. The van der Waals surface area contributed by atoms with Gasteiger partial charge in [-0.2, -0.15) is 0 Å². The monoisotopic (exact) mass is 367 g/mol. The van der Waals surface area contributed by atoms with E-state index >= 15 is 0 Å². The molecule has 2 nitrogen and oxygen atoms in total. The van der Waals surface area contributed by atoms with Gasteiger partial charge in [0.05, 0.1) is 12.2 Å². The average molecular weight is 368 g/mol. The third kappa shape index (κ3) is 4.51. The maximum Gasteiger partial charge on any atom is 0.129 e. The minimum atomic E-state index is 0.344. The molecule has 2 rings (SSSR count). The van der Waals surface area contributed by atoms with Gasteiger partial charge in [0.2, 0.25) is 0 Å². The van der Waals surface area contributed by atoms with Crippen LogP contribution < -0.4 is 10.5 Å². The van der Waals surface area contributed by atoms with Crippen molar-refractivity contribution >= 4 is 44.9 Å². The van der Waals surface area contributed by atoms with Crippen LogP contribution in [0, 0.1) is 0 Å². The van der Waals surface area contributed by atoms with Crippen LogP contribution in [0.25, 0.3) is 0 Å². The molecule has 104 valence electrons. The molecule has 2 aromatic carbocycles. The molecule has 0 aromatic heterocycles. The van der Waals surface area contributed by atoms with Crippen molar-refractivity contribution in [3.05, 3.63) is 58.6 Å². The molecule has 0 radical (unpaired) electrons. The number of ether oxygens (including phenoxy) is 1. The molecule has 2 N–H and O–H groups in total. The smallest absolute Gasteiger partial charge is 0.129 e. The van der Waals surface area contributed by atoms with Crippen LogP contribution >= 0.6 is 39.9 Å². The molecule has 0 aliphatic heterocycles. The number of halogens is 1. The Balaban J connectivity index is 1.90. The predicted molar refractivity (Wildman–Crippen MR) is 92.7 cm³/mol. The van der Waals surface area contributed by atoms with Crippen LogP contribution in [-0.4, -0.2) is 17.3 Å². The zero-order chi connectivity index (χ0) is 14.4. The van der Waals surface area contributed by atoms with Crippen molar-refractivity contribution < 1.29 is 4.74 Å². The van der Waals surface area contributed by atoms with Crippen molar-refractivity contribution in [3.63, 3.8) is 0 Å². The first-order valence-electron chi connectivity index (χ1n) is 6.07. The largest absolute Gasteiger partial charge is 0.492 e. The molecule has 0 saturated carbocycles. The first-order valence-corrected chi connectivity index (χ1v) is 8.25. The fourth-order valence-corrected chi connectivity index (χ4v) is 2.92. The highest BCUT2D eigenvalue weighted by molar-refractivity contribution is 9.10. The van der Waals surface area contributed by atoms with Gasteiger partial charge >= 0.3 is 0 Å². The van der Waals surface area contributed by atoms with Crippen LogP contribution in [0.1, 0.15) is 5.56 Å². The van der Waals surface area contributed by atoms with Gasteiger partial charge in [-0.25, -0.2) is 0 Å². The second-order valence-corrected chi connectivity index (χ2v) is 6.54. The number of nitrogens with two attached hydrogens (primary N) is 1. The normalized spacial score (nSPS) is 10.2. The minimum absolute atomic E-state index is 0.344. The molecule has 0 fully saturated rings. The van der Waals surface area contributed by atoms with Gasteiger partial charge < -0.3 is 10.5 Å². The van der Waals surface area contributed by atoms with Gasteiger partial charge in [0.15, 0.2) is 0 Å². The highest BCUT2D eigenvalue weighted by Crippen LogP contribution is 2.24. The van der Waals surface area contributed by atoms with Gasteiger partial charge in [-0.15, -0.1) is 11.8 Å². The van der Waals surface area contributed by atoms with Crippen molar-refractivity contribution in [3.8, 4) is 5.75 Å². The summed E-state index contributed by atoms with van der Waals surface area (Å²) in [4.78, 5) is 1.58. The summed E-state index contributed by atoms with van der Waals surface area (Å²) in [6.07, 6.45) is 0. The summed E-state index contributed by atoms with van der Waals surface area (Å²) in [7, 11) is 0. The van der Waals surface area contributed by atoms with Crippen LogP contribution in [0.3, 0.4) is 0 Å². The number of benzene rings is 2. The van der Waals surface area contributed by atoms with Gasteiger partial charge in [-0.3, -0.25) is 0 Å². The fraction of sp³-hybridized carbons (Fsp3) is 0.133. The summed E-state index contributed by atoms with van der Waals surface area (Å²) in [5.41, 5.74) is 6.47. The highest BCUT2D eigenvalue weighted by atomic mass is 79.9. The van der Waals surface area contributed by atoms with E-state index in [1.165, 1.54) is 4.90 Å². The Morgan fingerprint density at radius 2 is 1.95 bits per heavy atom. The van der Waals surface area contributed by atoms with E-state index in [0.29, 0.717) is 11.6 Å². The van der Waals surface area contributed by atoms with Crippen LogP contribution in [0.15, 0.2) is 57.9 Å². The third-order valence-electron chi connectivity index (χ3n) is 2.56. The quantitative estimate of drug-likeness (QED) is 0.470. The van der Waals surface area contributed by atoms with E-state index in [9.17, 15) is 0 Å². The van der Waals surface area contributed by atoms with Gasteiger partial charge in [0, 0.05) is 15.1 Å². The minimum Gasteiger partial charge on any atom is -0.492 e. The summed E-state index contributed by atoms with van der Waals surface area (Å²) in [5.74, 6) is 1.60. The lowest BCUT2D eigenvalue weighted by atomic mass is 10.2. The number of hydrogen-bond donors (Lipinski definition) is 1. The Bertz CT molecular complexity index is 590.